The quantitative estimate of drug-likeness (QED) is 0.891. The van der Waals surface area contributed by atoms with Crippen molar-refractivity contribution in [1.29, 1.82) is 0 Å². The summed E-state index contributed by atoms with van der Waals surface area (Å²) in [4.78, 5) is 11.1. The molecule has 7 heteroatoms. The molecule has 116 valence electrons. The molecule has 2 rings (SSSR count). The van der Waals surface area contributed by atoms with E-state index in [4.69, 9.17) is 21.4 Å². The van der Waals surface area contributed by atoms with Gasteiger partial charge in [0.05, 0.1) is 12.8 Å². The Bertz CT molecular complexity index is 580. The number of ether oxygens (including phenoxy) is 1. The van der Waals surface area contributed by atoms with Gasteiger partial charge in [-0.2, -0.15) is 0 Å². The molecule has 0 saturated carbocycles. The van der Waals surface area contributed by atoms with E-state index in [1.54, 1.807) is 13.0 Å². The van der Waals surface area contributed by atoms with Crippen molar-refractivity contribution in [3.63, 3.8) is 0 Å². The van der Waals surface area contributed by atoms with Gasteiger partial charge in [-0.1, -0.05) is 11.6 Å². The van der Waals surface area contributed by atoms with Crippen LogP contribution in [0.4, 0.5) is 13.2 Å². The molecule has 3 nitrogen and oxygen atoms in total. The van der Waals surface area contributed by atoms with Crippen LogP contribution in [0.5, 0.6) is 5.75 Å². The molecule has 0 aliphatic carbocycles. The molecular weight excluding hydrogens is 309 g/mol. The second-order valence-corrected chi connectivity index (χ2v) is 4.91. The van der Waals surface area contributed by atoms with E-state index in [0.717, 1.165) is 0 Å². The van der Waals surface area contributed by atoms with Gasteiger partial charge in [-0.05, 0) is 30.7 Å². The summed E-state index contributed by atoms with van der Waals surface area (Å²) in [6, 6.07) is 3.02. The maximum absolute atomic E-state index is 13.4. The molecular formula is C14H14ClF3O3. The van der Waals surface area contributed by atoms with Crippen molar-refractivity contribution in [3.8, 4) is 5.75 Å². The number of aliphatic carboxylic acids is 1. The smallest absolute Gasteiger partial charge is 0.335 e. The summed E-state index contributed by atoms with van der Waals surface area (Å²) in [5.41, 5.74) is 0.674. The Morgan fingerprint density at radius 1 is 1.38 bits per heavy atom. The minimum absolute atomic E-state index is 0.159. The van der Waals surface area contributed by atoms with Crippen molar-refractivity contribution < 1.29 is 27.8 Å². The molecule has 1 heterocycles. The van der Waals surface area contributed by atoms with Crippen LogP contribution in [0.15, 0.2) is 17.7 Å². The number of alkyl halides is 3. The van der Waals surface area contributed by atoms with Gasteiger partial charge in [0.15, 0.2) is 6.10 Å². The lowest BCUT2D eigenvalue weighted by Crippen LogP contribution is -2.41. The molecule has 0 saturated heterocycles. The first-order valence-electron chi connectivity index (χ1n) is 5.87. The highest BCUT2D eigenvalue weighted by Gasteiger charge is 2.43. The van der Waals surface area contributed by atoms with Gasteiger partial charge in [0.1, 0.15) is 5.75 Å². The highest BCUT2D eigenvalue weighted by atomic mass is 35.5. The maximum Gasteiger partial charge on any atom is 0.335 e. The molecule has 0 amide bonds. The van der Waals surface area contributed by atoms with E-state index < -0.39 is 23.6 Å². The van der Waals surface area contributed by atoms with Crippen LogP contribution in [0.1, 0.15) is 18.1 Å². The SMILES string of the molecule is CF.Cc1cc2c(cc1Cl)OC(C(C)(F)F)C(C(=O)O)=C2. The number of hydrogen-bond donors (Lipinski definition) is 1. The summed E-state index contributed by atoms with van der Waals surface area (Å²) in [5, 5.41) is 9.39. The van der Waals surface area contributed by atoms with Crippen LogP contribution in [0.25, 0.3) is 6.08 Å². The van der Waals surface area contributed by atoms with E-state index in [0.29, 0.717) is 30.3 Å². The second kappa shape index (κ2) is 6.39. The van der Waals surface area contributed by atoms with E-state index in [1.165, 1.54) is 12.1 Å². The molecule has 0 spiro atoms. The van der Waals surface area contributed by atoms with Gasteiger partial charge in [0.25, 0.3) is 5.92 Å². The van der Waals surface area contributed by atoms with E-state index in [9.17, 15) is 18.0 Å². The van der Waals surface area contributed by atoms with Gasteiger partial charge in [-0.25, -0.2) is 13.6 Å². The van der Waals surface area contributed by atoms with Gasteiger partial charge >= 0.3 is 5.97 Å². The number of carboxylic acids is 1. The van der Waals surface area contributed by atoms with Crippen LogP contribution in [-0.4, -0.2) is 30.3 Å². The normalized spacial score (nSPS) is 16.9. The fourth-order valence-electron chi connectivity index (χ4n) is 1.88. The molecule has 1 N–H and O–H groups in total. The lowest BCUT2D eigenvalue weighted by Gasteiger charge is -2.29. The number of carbonyl (C=O) groups is 1. The van der Waals surface area contributed by atoms with Gasteiger partial charge in [0, 0.05) is 17.5 Å². The summed E-state index contributed by atoms with van der Waals surface area (Å²) < 4.78 is 41.5. The Morgan fingerprint density at radius 3 is 2.43 bits per heavy atom. The zero-order valence-electron chi connectivity index (χ0n) is 11.6. The first-order chi connectivity index (χ1) is 9.70. The Balaban J connectivity index is 0.00000106. The standard InChI is InChI=1S/C13H11ClF2O3.CH3F/c1-6-3-7-4-8(12(17)18)11(13(2,15)16)19-10(7)5-9(6)14;1-2/h3-5,11H,1-2H3,(H,17,18);1H3. The minimum atomic E-state index is -3.31. The Hall–Kier alpha value is -1.69. The average molecular weight is 323 g/mol. The average Bonchev–Trinajstić information content (AvgIpc) is 2.40. The number of hydrogen-bond acceptors (Lipinski definition) is 2. The molecule has 1 unspecified atom stereocenters. The van der Waals surface area contributed by atoms with Crippen molar-refractivity contribution in [2.75, 3.05) is 7.18 Å². The van der Waals surface area contributed by atoms with Crippen LogP contribution < -0.4 is 4.74 Å². The highest BCUT2D eigenvalue weighted by molar-refractivity contribution is 6.31. The predicted molar refractivity (Wildman–Crippen MR) is 73.9 cm³/mol. The largest absolute Gasteiger partial charge is 0.478 e. The monoisotopic (exact) mass is 322 g/mol. The molecule has 1 aromatic carbocycles. The third-order valence-corrected chi connectivity index (χ3v) is 3.24. The van der Waals surface area contributed by atoms with E-state index in [2.05, 4.69) is 0 Å². The predicted octanol–water partition coefficient (Wildman–Crippen LogP) is 4.12. The third kappa shape index (κ3) is 3.69. The lowest BCUT2D eigenvalue weighted by molar-refractivity contribution is -0.137. The van der Waals surface area contributed by atoms with Crippen molar-refractivity contribution in [2.24, 2.45) is 0 Å². The molecule has 21 heavy (non-hydrogen) atoms. The van der Waals surface area contributed by atoms with Crippen LogP contribution in [-0.2, 0) is 4.79 Å². The van der Waals surface area contributed by atoms with Crippen LogP contribution in [0.2, 0.25) is 5.02 Å². The summed E-state index contributed by atoms with van der Waals surface area (Å²) >= 11 is 5.90. The molecule has 1 aliphatic rings. The Labute approximate surface area is 125 Å². The van der Waals surface area contributed by atoms with Gasteiger partial charge in [-0.15, -0.1) is 0 Å². The molecule has 0 bridgehead atoms. The zero-order chi connectivity index (χ0) is 16.4. The van der Waals surface area contributed by atoms with Crippen LogP contribution in [0, 0.1) is 6.92 Å². The summed E-state index contributed by atoms with van der Waals surface area (Å²) in [6.07, 6.45) is -0.622. The van der Waals surface area contributed by atoms with Gasteiger partial charge < -0.3 is 9.84 Å². The van der Waals surface area contributed by atoms with E-state index in [1.807, 2.05) is 0 Å². The molecule has 0 aromatic heterocycles. The van der Waals surface area contributed by atoms with E-state index >= 15 is 0 Å². The van der Waals surface area contributed by atoms with Crippen molar-refractivity contribution >= 4 is 23.6 Å². The molecule has 1 aliphatic heterocycles. The number of fused-ring (bicyclic) bond motifs is 1. The van der Waals surface area contributed by atoms with Crippen LogP contribution >= 0.6 is 11.6 Å². The number of halogens is 4. The third-order valence-electron chi connectivity index (χ3n) is 2.84. The maximum atomic E-state index is 13.4. The molecule has 1 aromatic rings. The van der Waals surface area contributed by atoms with Gasteiger partial charge in [0.2, 0.25) is 0 Å². The Morgan fingerprint density at radius 2 is 1.95 bits per heavy atom. The topological polar surface area (TPSA) is 46.5 Å². The number of carboxylic acid groups (broad SMARTS) is 1. The lowest BCUT2D eigenvalue weighted by atomic mass is 9.97. The second-order valence-electron chi connectivity index (χ2n) is 4.50. The molecule has 1 atom stereocenters. The van der Waals surface area contributed by atoms with Crippen LogP contribution in [0.3, 0.4) is 0 Å². The number of benzene rings is 1. The minimum Gasteiger partial charge on any atom is -0.478 e. The first kappa shape index (κ1) is 17.4. The fraction of sp³-hybridized carbons (Fsp3) is 0.357. The van der Waals surface area contributed by atoms with E-state index in [-0.39, 0.29) is 5.75 Å². The fourth-order valence-corrected chi connectivity index (χ4v) is 2.04. The summed E-state index contributed by atoms with van der Waals surface area (Å²) in [6.45, 7) is 2.35. The highest BCUT2D eigenvalue weighted by Crippen LogP contribution is 2.38. The number of aryl methyl sites for hydroxylation is 1. The Kier molecular flexibility index (Phi) is 5.28. The zero-order valence-corrected chi connectivity index (χ0v) is 12.3. The molecule has 0 fully saturated rings. The van der Waals surface area contributed by atoms with Crippen molar-refractivity contribution in [2.45, 2.75) is 25.9 Å². The van der Waals surface area contributed by atoms with Gasteiger partial charge in [-0.3, -0.25) is 4.39 Å². The summed E-state index contributed by atoms with van der Waals surface area (Å²) in [7, 11) is 0.500. The van der Waals surface area contributed by atoms with Crippen molar-refractivity contribution in [3.05, 3.63) is 33.9 Å². The summed E-state index contributed by atoms with van der Waals surface area (Å²) in [5.74, 6) is -4.57. The number of rotatable bonds is 2. The van der Waals surface area contributed by atoms with Crippen molar-refractivity contribution in [1.82, 2.24) is 0 Å². The first-order valence-corrected chi connectivity index (χ1v) is 6.25. The molecule has 0 radical (unpaired) electrons.